The molecule has 0 saturated carbocycles. The van der Waals surface area contributed by atoms with Crippen molar-refractivity contribution in [2.75, 3.05) is 40.3 Å². The van der Waals surface area contributed by atoms with Crippen molar-refractivity contribution in [2.24, 2.45) is 0 Å². The van der Waals surface area contributed by atoms with Gasteiger partial charge in [0, 0.05) is 31.2 Å². The van der Waals surface area contributed by atoms with Crippen molar-refractivity contribution < 1.29 is 8.78 Å². The van der Waals surface area contributed by atoms with Gasteiger partial charge >= 0.3 is 0 Å². The highest BCUT2D eigenvalue weighted by Crippen LogP contribution is 2.27. The van der Waals surface area contributed by atoms with Crippen LogP contribution in [-0.4, -0.2) is 56.1 Å². The number of nitrogens with zero attached hydrogens (tertiary/aromatic N) is 2. The second kappa shape index (κ2) is 7.29. The van der Waals surface area contributed by atoms with Gasteiger partial charge in [-0.05, 0) is 39.2 Å². The molecule has 0 bridgehead atoms. The van der Waals surface area contributed by atoms with Gasteiger partial charge in [-0.2, -0.15) is 0 Å². The highest BCUT2D eigenvalue weighted by molar-refractivity contribution is 5.25. The van der Waals surface area contributed by atoms with Crippen molar-refractivity contribution in [3.8, 4) is 0 Å². The molecule has 0 amide bonds. The van der Waals surface area contributed by atoms with Crippen LogP contribution < -0.4 is 5.32 Å². The van der Waals surface area contributed by atoms with E-state index < -0.39 is 11.6 Å². The van der Waals surface area contributed by atoms with Crippen LogP contribution >= 0.6 is 0 Å². The quantitative estimate of drug-likeness (QED) is 0.899. The molecular weight excluding hydrogens is 272 g/mol. The first-order valence-corrected chi connectivity index (χ1v) is 7.60. The number of piperazine rings is 1. The molecule has 21 heavy (non-hydrogen) atoms. The van der Waals surface area contributed by atoms with Crippen LogP contribution in [0.1, 0.15) is 24.9 Å². The van der Waals surface area contributed by atoms with Gasteiger partial charge in [0.25, 0.3) is 0 Å². The molecule has 0 radical (unpaired) electrons. The van der Waals surface area contributed by atoms with E-state index in [0.29, 0.717) is 0 Å². The minimum absolute atomic E-state index is 0.0571. The van der Waals surface area contributed by atoms with Crippen molar-refractivity contribution in [3.05, 3.63) is 35.4 Å². The van der Waals surface area contributed by atoms with Gasteiger partial charge in [-0.3, -0.25) is 4.90 Å². The Morgan fingerprint density at radius 1 is 1.24 bits per heavy atom. The third kappa shape index (κ3) is 3.78. The predicted octanol–water partition coefficient (Wildman–Crippen LogP) is 2.25. The monoisotopic (exact) mass is 297 g/mol. The fourth-order valence-corrected chi connectivity index (χ4v) is 2.94. The van der Waals surface area contributed by atoms with Crippen molar-refractivity contribution in [1.82, 2.24) is 15.1 Å². The molecule has 1 aliphatic rings. The van der Waals surface area contributed by atoms with E-state index in [4.69, 9.17) is 0 Å². The summed E-state index contributed by atoms with van der Waals surface area (Å²) in [4.78, 5) is 4.41. The largest absolute Gasteiger partial charge is 0.308 e. The molecule has 118 valence electrons. The normalized spacial score (nSPS) is 22.4. The highest BCUT2D eigenvalue weighted by Gasteiger charge is 2.33. The van der Waals surface area contributed by atoms with Crippen LogP contribution in [-0.2, 0) is 0 Å². The molecule has 1 aromatic rings. The molecule has 1 saturated heterocycles. The molecule has 0 aliphatic carbocycles. The van der Waals surface area contributed by atoms with E-state index in [1.807, 2.05) is 7.05 Å². The van der Waals surface area contributed by atoms with E-state index in [1.165, 1.54) is 18.2 Å². The van der Waals surface area contributed by atoms with Crippen LogP contribution in [0.25, 0.3) is 0 Å². The van der Waals surface area contributed by atoms with Crippen molar-refractivity contribution in [3.63, 3.8) is 0 Å². The number of hydrogen-bond acceptors (Lipinski definition) is 3. The minimum atomic E-state index is -0.467. The number of hydrogen-bond donors (Lipinski definition) is 1. The van der Waals surface area contributed by atoms with Crippen molar-refractivity contribution >= 4 is 0 Å². The van der Waals surface area contributed by atoms with Gasteiger partial charge in [0.1, 0.15) is 11.6 Å². The Bertz CT molecular complexity index is 447. The molecule has 1 aromatic carbocycles. The zero-order valence-electron chi connectivity index (χ0n) is 13.1. The summed E-state index contributed by atoms with van der Waals surface area (Å²) in [5.41, 5.74) is 0.165. The van der Waals surface area contributed by atoms with Crippen LogP contribution in [0, 0.1) is 11.6 Å². The van der Waals surface area contributed by atoms with Gasteiger partial charge in [-0.1, -0.05) is 13.0 Å². The maximum atomic E-state index is 14.2. The molecule has 3 nitrogen and oxygen atoms in total. The lowest BCUT2D eigenvalue weighted by molar-refractivity contribution is 0.0856. The average molecular weight is 297 g/mol. The van der Waals surface area contributed by atoms with Gasteiger partial charge in [0.05, 0.1) is 6.04 Å². The Kier molecular flexibility index (Phi) is 5.67. The van der Waals surface area contributed by atoms with E-state index >= 15 is 0 Å². The Morgan fingerprint density at radius 2 is 1.90 bits per heavy atom. The maximum absolute atomic E-state index is 14.2. The fraction of sp³-hybridized carbons (Fsp3) is 0.625. The minimum Gasteiger partial charge on any atom is -0.308 e. The Labute approximate surface area is 125 Å². The fourth-order valence-electron chi connectivity index (χ4n) is 2.94. The summed E-state index contributed by atoms with van der Waals surface area (Å²) in [5.74, 6) is -0.935. The molecule has 5 heteroatoms. The van der Waals surface area contributed by atoms with Crippen LogP contribution in [0.2, 0.25) is 0 Å². The lowest BCUT2D eigenvalue weighted by Gasteiger charge is -2.42. The average Bonchev–Trinajstić information content (AvgIpc) is 2.45. The third-order valence-corrected chi connectivity index (χ3v) is 4.21. The second-order valence-electron chi connectivity index (χ2n) is 5.88. The molecule has 0 spiro atoms. The summed E-state index contributed by atoms with van der Waals surface area (Å²) < 4.78 is 28.4. The van der Waals surface area contributed by atoms with Crippen molar-refractivity contribution in [1.29, 1.82) is 0 Å². The van der Waals surface area contributed by atoms with Gasteiger partial charge in [0.2, 0.25) is 0 Å². The van der Waals surface area contributed by atoms with Gasteiger partial charge < -0.3 is 10.2 Å². The van der Waals surface area contributed by atoms with Gasteiger partial charge in [-0.25, -0.2) is 8.78 Å². The first-order chi connectivity index (χ1) is 10.0. The SMILES string of the molecule is CCCNC(c1c(F)cccc1F)C1CN(C)CCN1C. The molecule has 0 aromatic heterocycles. The van der Waals surface area contributed by atoms with E-state index in [0.717, 1.165) is 32.6 Å². The summed E-state index contributed by atoms with van der Waals surface area (Å²) >= 11 is 0. The smallest absolute Gasteiger partial charge is 0.130 e. The standard InChI is InChI=1S/C16H25F2N3/c1-4-8-19-16(14-11-20(2)9-10-21(14)3)15-12(17)6-5-7-13(15)18/h5-7,14,16,19H,4,8-11H2,1-3H3. The van der Waals surface area contributed by atoms with Crippen LogP contribution in [0.5, 0.6) is 0 Å². The molecule has 1 N–H and O–H groups in total. The molecule has 1 heterocycles. The van der Waals surface area contributed by atoms with Crippen LogP contribution in [0.4, 0.5) is 8.78 Å². The predicted molar refractivity (Wildman–Crippen MR) is 81.3 cm³/mol. The summed E-state index contributed by atoms with van der Waals surface area (Å²) in [6, 6.07) is 3.82. The maximum Gasteiger partial charge on any atom is 0.130 e. The first-order valence-electron chi connectivity index (χ1n) is 7.60. The number of rotatable bonds is 5. The van der Waals surface area contributed by atoms with Crippen molar-refractivity contribution in [2.45, 2.75) is 25.4 Å². The zero-order chi connectivity index (χ0) is 15.4. The number of likely N-dealkylation sites (N-methyl/N-ethyl adjacent to an activating group) is 2. The first kappa shape index (κ1) is 16.3. The topological polar surface area (TPSA) is 18.5 Å². The lowest BCUT2D eigenvalue weighted by atomic mass is 9.95. The lowest BCUT2D eigenvalue weighted by Crippen LogP contribution is -2.55. The molecular formula is C16H25F2N3. The molecule has 2 unspecified atom stereocenters. The summed E-state index contributed by atoms with van der Waals surface area (Å²) in [6.45, 7) is 5.48. The zero-order valence-corrected chi connectivity index (χ0v) is 13.1. The Morgan fingerprint density at radius 3 is 2.52 bits per heavy atom. The van der Waals surface area contributed by atoms with Crippen LogP contribution in [0.15, 0.2) is 18.2 Å². The Hall–Kier alpha value is -1.04. The van der Waals surface area contributed by atoms with Gasteiger partial charge in [-0.15, -0.1) is 0 Å². The second-order valence-corrected chi connectivity index (χ2v) is 5.88. The molecule has 2 atom stereocenters. The summed E-state index contributed by atoms with van der Waals surface area (Å²) in [6.07, 6.45) is 0.929. The van der Waals surface area contributed by atoms with E-state index in [2.05, 4.69) is 29.1 Å². The van der Waals surface area contributed by atoms with Gasteiger partial charge in [0.15, 0.2) is 0 Å². The van der Waals surface area contributed by atoms with E-state index in [1.54, 1.807) is 0 Å². The molecule has 1 aliphatic heterocycles. The van der Waals surface area contributed by atoms with E-state index in [-0.39, 0.29) is 17.6 Å². The number of nitrogens with one attached hydrogen (secondary N) is 1. The summed E-state index contributed by atoms with van der Waals surface area (Å²) in [5, 5.41) is 3.34. The highest BCUT2D eigenvalue weighted by atomic mass is 19.1. The van der Waals surface area contributed by atoms with Crippen LogP contribution in [0.3, 0.4) is 0 Å². The van der Waals surface area contributed by atoms with E-state index in [9.17, 15) is 8.78 Å². The summed E-state index contributed by atoms with van der Waals surface area (Å²) in [7, 11) is 4.08. The number of benzene rings is 1. The third-order valence-electron chi connectivity index (χ3n) is 4.21. The molecule has 2 rings (SSSR count). The Balaban J connectivity index is 2.33. The molecule has 1 fully saturated rings. The number of halogens is 2.